The molecule has 0 spiro atoms. The van der Waals surface area contributed by atoms with Gasteiger partial charge in [-0.3, -0.25) is 14.9 Å². The quantitative estimate of drug-likeness (QED) is 0.0946. The highest BCUT2D eigenvalue weighted by atomic mass is 16.6. The number of rotatable bonds is 9. The molecule has 1 amide bonds. The Balaban J connectivity index is 0.000000197. The average molecular weight is 733 g/mol. The molecule has 0 radical (unpaired) electrons. The molecule has 4 aromatic heterocycles. The Kier molecular flexibility index (Phi) is 10.5. The van der Waals surface area contributed by atoms with Crippen molar-refractivity contribution in [1.82, 2.24) is 19.9 Å². The molecule has 3 aromatic carbocycles. The second kappa shape index (κ2) is 15.7. The normalized spacial score (nSPS) is 10.6. The predicted octanol–water partition coefficient (Wildman–Crippen LogP) is 6.53. The van der Waals surface area contributed by atoms with Crippen LogP contribution >= 0.6 is 0 Å². The number of hydrogen-bond acceptors (Lipinski definition) is 15. The number of amides is 1. The number of nitro groups is 1. The predicted molar refractivity (Wildman–Crippen MR) is 191 cm³/mol. The average Bonchev–Trinajstić information content (AvgIpc) is 3.85. The molecule has 272 valence electrons. The number of oxazole rings is 2. The largest absolute Gasteiger partial charge is 0.493 e. The van der Waals surface area contributed by atoms with E-state index in [1.807, 2.05) is 0 Å². The number of nitrogens with one attached hydrogen (secondary N) is 1. The zero-order valence-electron chi connectivity index (χ0n) is 28.9. The molecule has 17 nitrogen and oxygen atoms in total. The van der Waals surface area contributed by atoms with Crippen molar-refractivity contribution in [3.63, 3.8) is 0 Å². The van der Waals surface area contributed by atoms with Crippen LogP contribution in [0.1, 0.15) is 31.1 Å². The number of pyridine rings is 2. The first kappa shape index (κ1) is 36.1. The highest BCUT2D eigenvalue weighted by Crippen LogP contribution is 2.31. The van der Waals surface area contributed by atoms with E-state index in [1.54, 1.807) is 67.0 Å². The SMILES string of the molecule is COC(=O)c1cc(-c2nc3ncccc3o2)cc([N+](=O)[O-])c1.COC(=O)c1cc(NC(=O)c2ccc(OC)c(OC)c2)cc(-c2nc3ncccc3o2)c1. The Hall–Kier alpha value is -7.69. The Morgan fingerprint density at radius 2 is 1.22 bits per heavy atom. The third-order valence-electron chi connectivity index (χ3n) is 7.63. The first-order valence-electron chi connectivity index (χ1n) is 15.7. The number of methoxy groups -OCH3 is 4. The zero-order valence-corrected chi connectivity index (χ0v) is 28.9. The van der Waals surface area contributed by atoms with Gasteiger partial charge in [0.15, 0.2) is 34.0 Å². The van der Waals surface area contributed by atoms with E-state index < -0.39 is 22.8 Å². The number of fused-ring (bicyclic) bond motifs is 2. The van der Waals surface area contributed by atoms with Crippen LogP contribution in [0.15, 0.2) is 100 Å². The number of anilines is 1. The van der Waals surface area contributed by atoms with Gasteiger partial charge in [-0.1, -0.05) is 0 Å². The van der Waals surface area contributed by atoms with E-state index in [2.05, 4.69) is 30.0 Å². The molecule has 0 unspecified atom stereocenters. The molecule has 0 saturated heterocycles. The number of aromatic nitrogens is 4. The molecule has 0 aliphatic carbocycles. The van der Waals surface area contributed by atoms with Crippen LogP contribution < -0.4 is 14.8 Å². The van der Waals surface area contributed by atoms with Gasteiger partial charge in [0.25, 0.3) is 11.6 Å². The summed E-state index contributed by atoms with van der Waals surface area (Å²) in [6, 6.07) is 20.2. The maximum atomic E-state index is 12.8. The molecule has 0 bridgehead atoms. The number of nitro benzene ring substituents is 1. The molecule has 1 N–H and O–H groups in total. The summed E-state index contributed by atoms with van der Waals surface area (Å²) in [5, 5.41) is 13.8. The van der Waals surface area contributed by atoms with Gasteiger partial charge in [-0.15, -0.1) is 0 Å². The lowest BCUT2D eigenvalue weighted by molar-refractivity contribution is -0.384. The maximum absolute atomic E-state index is 12.8. The lowest BCUT2D eigenvalue weighted by atomic mass is 10.1. The smallest absolute Gasteiger partial charge is 0.338 e. The van der Waals surface area contributed by atoms with Crippen molar-refractivity contribution in [1.29, 1.82) is 0 Å². The van der Waals surface area contributed by atoms with Crippen molar-refractivity contribution < 1.29 is 47.1 Å². The minimum Gasteiger partial charge on any atom is -0.493 e. The van der Waals surface area contributed by atoms with Crippen LogP contribution in [0.25, 0.3) is 45.4 Å². The summed E-state index contributed by atoms with van der Waals surface area (Å²) in [5.74, 6) is -0.333. The van der Waals surface area contributed by atoms with Crippen LogP contribution in [-0.4, -0.2) is 71.1 Å². The van der Waals surface area contributed by atoms with E-state index in [0.29, 0.717) is 56.3 Å². The molecule has 0 aliphatic rings. The Morgan fingerprint density at radius 3 is 1.74 bits per heavy atom. The van der Waals surface area contributed by atoms with E-state index in [1.165, 1.54) is 46.6 Å². The number of ether oxygens (including phenoxy) is 4. The van der Waals surface area contributed by atoms with E-state index >= 15 is 0 Å². The number of esters is 2. The van der Waals surface area contributed by atoms with E-state index in [4.69, 9.17) is 23.0 Å². The van der Waals surface area contributed by atoms with E-state index in [0.717, 1.165) is 6.07 Å². The summed E-state index contributed by atoms with van der Waals surface area (Å²) < 4.78 is 31.2. The van der Waals surface area contributed by atoms with E-state index in [-0.39, 0.29) is 28.6 Å². The van der Waals surface area contributed by atoms with Gasteiger partial charge in [0.05, 0.1) is 44.5 Å². The summed E-state index contributed by atoms with van der Waals surface area (Å²) in [6.07, 6.45) is 3.16. The number of carbonyl (C=O) groups excluding carboxylic acids is 3. The van der Waals surface area contributed by atoms with Crippen molar-refractivity contribution >= 4 is 51.7 Å². The second-order valence-corrected chi connectivity index (χ2v) is 11.0. The topological polar surface area (TPSA) is 221 Å². The minimum atomic E-state index is -0.681. The maximum Gasteiger partial charge on any atom is 0.338 e. The molecule has 0 fully saturated rings. The van der Waals surface area contributed by atoms with Gasteiger partial charge in [-0.25, -0.2) is 19.6 Å². The van der Waals surface area contributed by atoms with Gasteiger partial charge in [0.2, 0.25) is 11.8 Å². The number of hydrogen-bond donors (Lipinski definition) is 1. The van der Waals surface area contributed by atoms with Crippen molar-refractivity contribution in [2.45, 2.75) is 0 Å². The number of nitrogens with zero attached hydrogens (tertiary/aromatic N) is 5. The highest BCUT2D eigenvalue weighted by Gasteiger charge is 2.20. The fourth-order valence-corrected chi connectivity index (χ4v) is 5.10. The van der Waals surface area contributed by atoms with Crippen molar-refractivity contribution in [2.75, 3.05) is 33.8 Å². The Morgan fingerprint density at radius 1 is 0.667 bits per heavy atom. The second-order valence-electron chi connectivity index (χ2n) is 11.0. The molecule has 17 heteroatoms. The van der Waals surface area contributed by atoms with Crippen molar-refractivity contribution in [3.8, 4) is 34.4 Å². The monoisotopic (exact) mass is 732 g/mol. The van der Waals surface area contributed by atoms with Crippen LogP contribution in [0.5, 0.6) is 11.5 Å². The van der Waals surface area contributed by atoms with Gasteiger partial charge in [-0.05, 0) is 66.7 Å². The van der Waals surface area contributed by atoms with Crippen molar-refractivity contribution in [3.05, 3.63) is 118 Å². The molecule has 0 aliphatic heterocycles. The van der Waals surface area contributed by atoms with Crippen molar-refractivity contribution in [2.24, 2.45) is 0 Å². The van der Waals surface area contributed by atoms with Crippen LogP contribution in [0.2, 0.25) is 0 Å². The first-order chi connectivity index (χ1) is 26.1. The molecular formula is C37H28N6O11. The van der Waals surface area contributed by atoms with Gasteiger partial charge in [0, 0.05) is 46.9 Å². The fourth-order valence-electron chi connectivity index (χ4n) is 5.10. The molecule has 7 aromatic rings. The molecule has 54 heavy (non-hydrogen) atoms. The molecule has 0 atom stereocenters. The summed E-state index contributed by atoms with van der Waals surface area (Å²) in [6.45, 7) is 0. The number of benzene rings is 3. The van der Waals surface area contributed by atoms with Crippen LogP contribution in [0.4, 0.5) is 11.4 Å². The molecule has 0 saturated carbocycles. The number of carbonyl (C=O) groups is 3. The lowest BCUT2D eigenvalue weighted by Crippen LogP contribution is -2.13. The lowest BCUT2D eigenvalue weighted by Gasteiger charge is -2.11. The Labute approximate surface area is 304 Å². The number of non-ortho nitro benzene ring substituents is 1. The minimum absolute atomic E-state index is 0.0434. The zero-order chi connectivity index (χ0) is 38.4. The Bertz CT molecular complexity index is 2480. The van der Waals surface area contributed by atoms with Gasteiger partial charge >= 0.3 is 11.9 Å². The van der Waals surface area contributed by atoms with Crippen LogP contribution in [-0.2, 0) is 9.47 Å². The summed E-state index contributed by atoms with van der Waals surface area (Å²) in [5.41, 5.74) is 3.26. The van der Waals surface area contributed by atoms with Gasteiger partial charge in [-0.2, -0.15) is 9.97 Å². The van der Waals surface area contributed by atoms with Gasteiger partial charge in [0.1, 0.15) is 0 Å². The van der Waals surface area contributed by atoms with Crippen LogP contribution in [0, 0.1) is 10.1 Å². The molecule has 7 rings (SSSR count). The fraction of sp³-hybridized carbons (Fsp3) is 0.108. The first-order valence-corrected chi connectivity index (χ1v) is 15.7. The van der Waals surface area contributed by atoms with Crippen LogP contribution in [0.3, 0.4) is 0 Å². The molecular weight excluding hydrogens is 704 g/mol. The third kappa shape index (κ3) is 7.79. The summed E-state index contributed by atoms with van der Waals surface area (Å²) in [7, 11) is 5.48. The standard InChI is InChI=1S/C23H19N3O6.C14H9N3O5/c1-29-17-7-6-13(12-19(17)30-2)21(27)25-16-10-14(9-15(11-16)23(28)31-3)22-26-20-18(32-22)5-4-8-24-20;1-21-14(18)9-5-8(6-10(7-9)17(19)20)13-16-12-11(22-13)3-2-4-15-12/h4-12H,1-3H3,(H,25,27);2-7H,1H3. The summed E-state index contributed by atoms with van der Waals surface area (Å²) >= 11 is 0. The highest BCUT2D eigenvalue weighted by molar-refractivity contribution is 6.05. The molecule has 4 heterocycles. The third-order valence-corrected chi connectivity index (χ3v) is 7.63. The summed E-state index contributed by atoms with van der Waals surface area (Å²) in [4.78, 5) is 63.8. The van der Waals surface area contributed by atoms with Gasteiger partial charge < -0.3 is 33.1 Å². The van der Waals surface area contributed by atoms with E-state index in [9.17, 15) is 24.5 Å².